The second-order valence-corrected chi connectivity index (χ2v) is 11.5. The molecule has 1 atom stereocenters. The van der Waals surface area contributed by atoms with Crippen LogP contribution in [0.2, 0.25) is 0 Å². The van der Waals surface area contributed by atoms with Crippen molar-refractivity contribution in [3.8, 4) is 16.9 Å². The van der Waals surface area contributed by atoms with Crippen LogP contribution in [-0.2, 0) is 22.5 Å². The highest BCUT2D eigenvalue weighted by molar-refractivity contribution is 6.08. The number of ether oxygens (including phenoxy) is 2. The van der Waals surface area contributed by atoms with E-state index in [1.165, 1.54) is 0 Å². The maximum atomic E-state index is 13.0. The lowest BCUT2D eigenvalue weighted by Gasteiger charge is -2.29. The molecule has 2 aliphatic rings. The molecule has 6 rings (SSSR count). The lowest BCUT2D eigenvalue weighted by molar-refractivity contribution is -0.160. The third kappa shape index (κ3) is 4.25. The van der Waals surface area contributed by atoms with Crippen molar-refractivity contribution in [1.29, 1.82) is 0 Å². The van der Waals surface area contributed by atoms with E-state index in [4.69, 9.17) is 14.5 Å². The predicted molar refractivity (Wildman–Crippen MR) is 147 cm³/mol. The summed E-state index contributed by atoms with van der Waals surface area (Å²) in [5.41, 5.74) is 4.85. The molecule has 0 radical (unpaired) electrons. The number of rotatable bonds is 6. The van der Waals surface area contributed by atoms with E-state index in [1.807, 2.05) is 62.6 Å². The van der Waals surface area contributed by atoms with Gasteiger partial charge in [-0.15, -0.1) is 0 Å². The summed E-state index contributed by atoms with van der Waals surface area (Å²) >= 11 is 0. The van der Waals surface area contributed by atoms with Crippen LogP contribution in [0.3, 0.4) is 0 Å². The first-order valence-corrected chi connectivity index (χ1v) is 13.2. The van der Waals surface area contributed by atoms with Crippen LogP contribution in [-0.4, -0.2) is 32.8 Å². The molecular formula is C31H32N2O5. The van der Waals surface area contributed by atoms with Crippen LogP contribution >= 0.6 is 0 Å². The molecule has 0 spiro atoms. The molecule has 1 aliphatic heterocycles. The lowest BCUT2D eigenvalue weighted by atomic mass is 9.86. The second-order valence-electron chi connectivity index (χ2n) is 11.5. The molecule has 0 saturated heterocycles. The first-order chi connectivity index (χ1) is 18.1. The summed E-state index contributed by atoms with van der Waals surface area (Å²) in [5, 5.41) is 12.2. The minimum Gasteiger partial charge on any atom is -0.493 e. The molecule has 0 amide bonds. The Hall–Kier alpha value is -3.71. The number of carbonyl (C=O) groups is 1. The van der Waals surface area contributed by atoms with Gasteiger partial charge in [0.15, 0.2) is 6.10 Å². The maximum Gasteiger partial charge on any atom is 0.337 e. The molecular weight excluding hydrogens is 480 g/mol. The third-order valence-corrected chi connectivity index (χ3v) is 7.48. The van der Waals surface area contributed by atoms with Gasteiger partial charge >= 0.3 is 5.97 Å². The number of carboxylic acid groups (broad SMARTS) is 1. The molecule has 7 nitrogen and oxygen atoms in total. The van der Waals surface area contributed by atoms with Crippen molar-refractivity contribution in [2.75, 3.05) is 6.61 Å². The second kappa shape index (κ2) is 8.95. The van der Waals surface area contributed by atoms with Gasteiger partial charge < -0.3 is 19.1 Å². The number of benzene rings is 2. The van der Waals surface area contributed by atoms with Gasteiger partial charge in [0.2, 0.25) is 0 Å². The highest BCUT2D eigenvalue weighted by Crippen LogP contribution is 2.45. The van der Waals surface area contributed by atoms with Crippen LogP contribution < -0.4 is 10.3 Å². The van der Waals surface area contributed by atoms with Gasteiger partial charge in [-0.05, 0) is 93.5 Å². The summed E-state index contributed by atoms with van der Waals surface area (Å²) in [6, 6.07) is 11.3. The summed E-state index contributed by atoms with van der Waals surface area (Å²) in [6.07, 6.45) is 3.61. The first-order valence-electron chi connectivity index (χ1n) is 13.2. The Morgan fingerprint density at radius 2 is 2.00 bits per heavy atom. The quantitative estimate of drug-likeness (QED) is 0.351. The highest BCUT2D eigenvalue weighted by Gasteiger charge is 2.33. The molecule has 1 saturated carbocycles. The smallest absolute Gasteiger partial charge is 0.337 e. The molecule has 4 aromatic rings. The SMILES string of the molecule is Cc1cc2c(ccc(=O)n2CC2CC2)c(-c2ccc3c4c(ccnc24)CCO3)c1[C@H](OC(C)(C)C)C(=O)O. The van der Waals surface area contributed by atoms with E-state index in [0.717, 1.165) is 69.1 Å². The molecule has 1 aliphatic carbocycles. The number of fused-ring (bicyclic) bond motifs is 1. The molecule has 1 fully saturated rings. The van der Waals surface area contributed by atoms with Crippen molar-refractivity contribution in [1.82, 2.24) is 9.55 Å². The number of pyridine rings is 2. The highest BCUT2D eigenvalue weighted by atomic mass is 16.5. The van der Waals surface area contributed by atoms with E-state index in [0.29, 0.717) is 24.6 Å². The molecule has 1 N–H and O–H groups in total. The summed E-state index contributed by atoms with van der Waals surface area (Å²) in [5.74, 6) is 0.217. The summed E-state index contributed by atoms with van der Waals surface area (Å²) in [7, 11) is 0. The van der Waals surface area contributed by atoms with Gasteiger partial charge in [0.05, 0.1) is 23.2 Å². The number of aliphatic carboxylic acids is 1. The van der Waals surface area contributed by atoms with Crippen molar-refractivity contribution in [2.45, 2.75) is 65.2 Å². The number of aromatic nitrogens is 2. The maximum absolute atomic E-state index is 13.0. The van der Waals surface area contributed by atoms with Crippen molar-refractivity contribution in [2.24, 2.45) is 5.92 Å². The standard InChI is InChI=1S/C31H32N2O5/c1-17-15-22-20(8-10-24(34)33(22)16-18-5-6-18)27(25(17)29(30(35)36)38-31(2,3)4)21-7-9-23-26-19(12-14-37-23)11-13-32-28(21)26/h7-11,13,15,18,29H,5-6,12,14,16H2,1-4H3,(H,35,36)/t29-/m0/s1. The number of hydrogen-bond acceptors (Lipinski definition) is 5. The van der Waals surface area contributed by atoms with E-state index < -0.39 is 17.7 Å². The van der Waals surface area contributed by atoms with E-state index in [2.05, 4.69) is 0 Å². The molecule has 2 aromatic carbocycles. The van der Waals surface area contributed by atoms with E-state index in [-0.39, 0.29) is 5.56 Å². The summed E-state index contributed by atoms with van der Waals surface area (Å²) in [6.45, 7) is 8.74. The zero-order valence-corrected chi connectivity index (χ0v) is 22.2. The minimum atomic E-state index is -1.21. The average molecular weight is 513 g/mol. The number of hydrogen-bond donors (Lipinski definition) is 1. The van der Waals surface area contributed by atoms with E-state index >= 15 is 0 Å². The van der Waals surface area contributed by atoms with Crippen LogP contribution in [0.25, 0.3) is 32.9 Å². The zero-order chi connectivity index (χ0) is 26.8. The van der Waals surface area contributed by atoms with Crippen molar-refractivity contribution >= 4 is 27.8 Å². The monoisotopic (exact) mass is 512 g/mol. The Morgan fingerprint density at radius 3 is 2.71 bits per heavy atom. The van der Waals surface area contributed by atoms with Crippen LogP contribution in [0.5, 0.6) is 5.75 Å². The lowest BCUT2D eigenvalue weighted by Crippen LogP contribution is -2.28. The third-order valence-electron chi connectivity index (χ3n) is 7.48. The fourth-order valence-corrected chi connectivity index (χ4v) is 5.65. The minimum absolute atomic E-state index is 0.0494. The van der Waals surface area contributed by atoms with Crippen molar-refractivity contribution in [3.63, 3.8) is 0 Å². The van der Waals surface area contributed by atoms with Crippen LogP contribution in [0.1, 0.15) is 56.4 Å². The topological polar surface area (TPSA) is 90.7 Å². The molecule has 196 valence electrons. The summed E-state index contributed by atoms with van der Waals surface area (Å²) in [4.78, 5) is 30.5. The van der Waals surface area contributed by atoms with Crippen LogP contribution in [0.4, 0.5) is 0 Å². The van der Waals surface area contributed by atoms with Crippen molar-refractivity contribution in [3.05, 3.63) is 69.6 Å². The molecule has 0 unspecified atom stereocenters. The van der Waals surface area contributed by atoms with Crippen molar-refractivity contribution < 1.29 is 19.4 Å². The predicted octanol–water partition coefficient (Wildman–Crippen LogP) is 5.81. The van der Waals surface area contributed by atoms with Crippen LogP contribution in [0.15, 0.2) is 47.4 Å². The van der Waals surface area contributed by atoms with Gasteiger partial charge in [-0.1, -0.05) is 0 Å². The van der Waals surface area contributed by atoms with Gasteiger partial charge in [-0.2, -0.15) is 0 Å². The number of nitrogens with zero attached hydrogens (tertiary/aromatic N) is 2. The molecule has 2 aromatic heterocycles. The summed E-state index contributed by atoms with van der Waals surface area (Å²) < 4.78 is 14.0. The van der Waals surface area contributed by atoms with Crippen LogP contribution in [0, 0.1) is 12.8 Å². The molecule has 0 bridgehead atoms. The first kappa shape index (κ1) is 24.6. The fraction of sp³-hybridized carbons (Fsp3) is 0.387. The fourth-order valence-electron chi connectivity index (χ4n) is 5.65. The Bertz CT molecular complexity index is 1650. The average Bonchev–Trinajstić information content (AvgIpc) is 3.68. The molecule has 7 heteroatoms. The van der Waals surface area contributed by atoms with E-state index in [9.17, 15) is 14.7 Å². The molecule has 3 heterocycles. The number of aryl methyl sites for hydroxylation is 1. The zero-order valence-electron chi connectivity index (χ0n) is 22.2. The van der Waals surface area contributed by atoms with Gasteiger partial charge in [0, 0.05) is 47.1 Å². The van der Waals surface area contributed by atoms with Gasteiger partial charge in [-0.3, -0.25) is 9.78 Å². The van der Waals surface area contributed by atoms with Gasteiger partial charge in [0.25, 0.3) is 5.56 Å². The largest absolute Gasteiger partial charge is 0.493 e. The Labute approximate surface area is 221 Å². The Kier molecular flexibility index (Phi) is 5.80. The van der Waals surface area contributed by atoms with Gasteiger partial charge in [-0.25, -0.2) is 4.79 Å². The normalized spacial score (nSPS) is 16.0. The van der Waals surface area contributed by atoms with Gasteiger partial charge in [0.1, 0.15) is 5.75 Å². The Balaban J connectivity index is 1.74. The Morgan fingerprint density at radius 1 is 1.21 bits per heavy atom. The van der Waals surface area contributed by atoms with E-state index in [1.54, 1.807) is 12.3 Å². The number of carboxylic acids is 1. The molecule has 38 heavy (non-hydrogen) atoms.